The van der Waals surface area contributed by atoms with Crippen LogP contribution in [-0.4, -0.2) is 24.9 Å². The Morgan fingerprint density at radius 1 is 1.29 bits per heavy atom. The van der Waals surface area contributed by atoms with Gasteiger partial charge in [-0.2, -0.15) is 0 Å². The van der Waals surface area contributed by atoms with Gasteiger partial charge in [0.05, 0.1) is 12.7 Å². The topological polar surface area (TPSA) is 38.7 Å². The lowest BCUT2D eigenvalue weighted by Crippen LogP contribution is -2.05. The molecule has 0 fully saturated rings. The van der Waals surface area contributed by atoms with Gasteiger partial charge in [0.1, 0.15) is 5.75 Å². The van der Waals surface area contributed by atoms with E-state index in [1.807, 2.05) is 32.0 Å². The number of rotatable bonds is 7. The number of aryl methyl sites for hydroxylation is 1. The number of benzene rings is 1. The molecule has 1 N–H and O–H groups in total. The summed E-state index contributed by atoms with van der Waals surface area (Å²) in [6.45, 7) is 7.81. The Balaban J connectivity index is 2.53. The third-order valence-electron chi connectivity index (χ3n) is 2.51. The Bertz CT molecular complexity index is 334. The molecule has 1 aromatic carbocycles. The minimum atomic E-state index is -0.502. The first kappa shape index (κ1) is 14.0. The van der Waals surface area contributed by atoms with Crippen LogP contribution >= 0.6 is 0 Å². The van der Waals surface area contributed by atoms with Crippen LogP contribution in [0.5, 0.6) is 5.75 Å². The van der Waals surface area contributed by atoms with Crippen LogP contribution in [-0.2, 0) is 4.74 Å². The molecule has 1 atom stereocenters. The highest BCUT2D eigenvalue weighted by Crippen LogP contribution is 2.26. The molecule has 0 heterocycles. The molecule has 96 valence electrons. The first-order valence-electron chi connectivity index (χ1n) is 6.14. The first-order valence-corrected chi connectivity index (χ1v) is 6.14. The van der Waals surface area contributed by atoms with Gasteiger partial charge in [-0.1, -0.05) is 12.1 Å². The van der Waals surface area contributed by atoms with Crippen LogP contribution in [0.25, 0.3) is 0 Å². The lowest BCUT2D eigenvalue weighted by atomic mass is 10.1. The van der Waals surface area contributed by atoms with Gasteiger partial charge < -0.3 is 14.6 Å². The molecular formula is C14H22O3. The average Bonchev–Trinajstić information content (AvgIpc) is 2.28. The third-order valence-corrected chi connectivity index (χ3v) is 2.51. The molecule has 3 heteroatoms. The molecule has 0 aromatic heterocycles. The lowest BCUT2D eigenvalue weighted by Gasteiger charge is -2.14. The summed E-state index contributed by atoms with van der Waals surface area (Å²) < 4.78 is 10.9. The van der Waals surface area contributed by atoms with E-state index in [2.05, 4.69) is 0 Å². The molecule has 0 aliphatic rings. The summed E-state index contributed by atoms with van der Waals surface area (Å²) in [5.74, 6) is 0.775. The fourth-order valence-electron chi connectivity index (χ4n) is 1.60. The van der Waals surface area contributed by atoms with Crippen LogP contribution in [0.4, 0.5) is 0 Å². The number of hydrogen-bond donors (Lipinski definition) is 1. The second kappa shape index (κ2) is 7.30. The van der Waals surface area contributed by atoms with E-state index in [1.165, 1.54) is 0 Å². The smallest absolute Gasteiger partial charge is 0.125 e. The minimum Gasteiger partial charge on any atom is -0.493 e. The van der Waals surface area contributed by atoms with Gasteiger partial charge in [-0.25, -0.2) is 0 Å². The molecule has 0 spiro atoms. The Morgan fingerprint density at radius 2 is 2.06 bits per heavy atom. The van der Waals surface area contributed by atoms with Gasteiger partial charge in [0.2, 0.25) is 0 Å². The molecule has 0 saturated heterocycles. The molecule has 1 aromatic rings. The van der Waals surface area contributed by atoms with Crippen molar-refractivity contribution in [1.82, 2.24) is 0 Å². The molecule has 0 aliphatic heterocycles. The van der Waals surface area contributed by atoms with Gasteiger partial charge in [-0.15, -0.1) is 0 Å². The van der Waals surface area contributed by atoms with E-state index < -0.39 is 6.10 Å². The maximum atomic E-state index is 9.63. The zero-order valence-corrected chi connectivity index (χ0v) is 10.9. The highest BCUT2D eigenvalue weighted by molar-refractivity contribution is 5.38. The summed E-state index contributed by atoms with van der Waals surface area (Å²) >= 11 is 0. The number of aliphatic hydroxyl groups excluding tert-OH is 1. The summed E-state index contributed by atoms with van der Waals surface area (Å²) in [6, 6.07) is 5.86. The summed E-state index contributed by atoms with van der Waals surface area (Å²) in [7, 11) is 0. The summed E-state index contributed by atoms with van der Waals surface area (Å²) in [4.78, 5) is 0. The zero-order chi connectivity index (χ0) is 12.7. The third kappa shape index (κ3) is 4.75. The van der Waals surface area contributed by atoms with Crippen LogP contribution in [0.2, 0.25) is 0 Å². The Labute approximate surface area is 103 Å². The van der Waals surface area contributed by atoms with E-state index in [4.69, 9.17) is 9.47 Å². The molecule has 0 aliphatic carbocycles. The van der Waals surface area contributed by atoms with E-state index >= 15 is 0 Å². The van der Waals surface area contributed by atoms with Crippen molar-refractivity contribution >= 4 is 0 Å². The van der Waals surface area contributed by atoms with Gasteiger partial charge in [-0.3, -0.25) is 0 Å². The van der Waals surface area contributed by atoms with Crippen molar-refractivity contribution in [1.29, 1.82) is 0 Å². The highest BCUT2D eigenvalue weighted by atomic mass is 16.5. The normalized spacial score (nSPS) is 12.5. The standard InChI is InChI=1S/C14H22O3/c1-4-16-8-5-9-17-14-10-11(2)6-7-13(14)12(3)15/h6-7,10,12,15H,4-5,8-9H2,1-3H3/t12-/m1/s1. The van der Waals surface area contributed by atoms with Gasteiger partial charge in [-0.05, 0) is 32.4 Å². The van der Waals surface area contributed by atoms with Crippen molar-refractivity contribution in [3.8, 4) is 5.75 Å². The van der Waals surface area contributed by atoms with E-state index in [9.17, 15) is 5.11 Å². The Kier molecular flexibility index (Phi) is 6.01. The van der Waals surface area contributed by atoms with Crippen LogP contribution in [0.15, 0.2) is 18.2 Å². The van der Waals surface area contributed by atoms with E-state index in [1.54, 1.807) is 6.92 Å². The monoisotopic (exact) mass is 238 g/mol. The molecule has 3 nitrogen and oxygen atoms in total. The fraction of sp³-hybridized carbons (Fsp3) is 0.571. The van der Waals surface area contributed by atoms with Crippen LogP contribution in [0, 0.1) is 6.92 Å². The molecule has 0 radical (unpaired) electrons. The second-order valence-electron chi connectivity index (χ2n) is 4.12. The van der Waals surface area contributed by atoms with Crippen LogP contribution in [0.1, 0.15) is 37.5 Å². The van der Waals surface area contributed by atoms with Gasteiger partial charge >= 0.3 is 0 Å². The van der Waals surface area contributed by atoms with Crippen molar-refractivity contribution in [3.05, 3.63) is 29.3 Å². The lowest BCUT2D eigenvalue weighted by molar-refractivity contribution is 0.129. The van der Waals surface area contributed by atoms with Gasteiger partial charge in [0.15, 0.2) is 0 Å². The first-order chi connectivity index (χ1) is 8.15. The second-order valence-corrected chi connectivity index (χ2v) is 4.12. The number of hydrogen-bond acceptors (Lipinski definition) is 3. The molecule has 17 heavy (non-hydrogen) atoms. The van der Waals surface area contributed by atoms with Crippen molar-refractivity contribution in [3.63, 3.8) is 0 Å². The maximum absolute atomic E-state index is 9.63. The summed E-state index contributed by atoms with van der Waals surface area (Å²) in [6.07, 6.45) is 0.360. The highest BCUT2D eigenvalue weighted by Gasteiger charge is 2.08. The van der Waals surface area contributed by atoms with Gasteiger partial charge in [0, 0.05) is 25.2 Å². The van der Waals surface area contributed by atoms with Gasteiger partial charge in [0.25, 0.3) is 0 Å². The fourth-order valence-corrected chi connectivity index (χ4v) is 1.60. The summed E-state index contributed by atoms with van der Waals surface area (Å²) in [5, 5.41) is 9.63. The van der Waals surface area contributed by atoms with Crippen LogP contribution in [0.3, 0.4) is 0 Å². The van der Waals surface area contributed by atoms with Crippen molar-refractivity contribution in [2.75, 3.05) is 19.8 Å². The maximum Gasteiger partial charge on any atom is 0.125 e. The Hall–Kier alpha value is -1.06. The van der Waals surface area contributed by atoms with E-state index in [0.717, 1.165) is 29.9 Å². The zero-order valence-electron chi connectivity index (χ0n) is 10.9. The van der Waals surface area contributed by atoms with E-state index in [0.29, 0.717) is 13.2 Å². The van der Waals surface area contributed by atoms with Crippen molar-refractivity contribution in [2.24, 2.45) is 0 Å². The summed E-state index contributed by atoms with van der Waals surface area (Å²) in [5.41, 5.74) is 1.97. The molecule has 0 amide bonds. The molecule has 1 rings (SSSR count). The predicted molar refractivity (Wildman–Crippen MR) is 68.4 cm³/mol. The average molecular weight is 238 g/mol. The number of aliphatic hydroxyl groups is 1. The van der Waals surface area contributed by atoms with Crippen molar-refractivity contribution in [2.45, 2.75) is 33.3 Å². The SMILES string of the molecule is CCOCCCOc1cc(C)ccc1[C@@H](C)O. The molecule has 0 saturated carbocycles. The van der Waals surface area contributed by atoms with E-state index in [-0.39, 0.29) is 0 Å². The quantitative estimate of drug-likeness (QED) is 0.742. The molecular weight excluding hydrogens is 216 g/mol. The Morgan fingerprint density at radius 3 is 2.71 bits per heavy atom. The van der Waals surface area contributed by atoms with Crippen molar-refractivity contribution < 1.29 is 14.6 Å². The predicted octanol–water partition coefficient (Wildman–Crippen LogP) is 2.85. The largest absolute Gasteiger partial charge is 0.493 e. The molecule has 0 bridgehead atoms. The number of ether oxygens (including phenoxy) is 2. The molecule has 0 unspecified atom stereocenters. The van der Waals surface area contributed by atoms with Crippen LogP contribution < -0.4 is 4.74 Å². The minimum absolute atomic E-state index is 0.502.